The second-order valence-electron chi connectivity index (χ2n) is 7.19. The molecule has 2 aromatic carbocycles. The first-order chi connectivity index (χ1) is 14.1. The summed E-state index contributed by atoms with van der Waals surface area (Å²) >= 11 is 1.38. The number of carbonyl (C=O) groups excluding carboxylic acids is 1. The summed E-state index contributed by atoms with van der Waals surface area (Å²) in [5.41, 5.74) is 3.76. The van der Waals surface area contributed by atoms with Gasteiger partial charge in [0.1, 0.15) is 9.88 Å². The van der Waals surface area contributed by atoms with Gasteiger partial charge in [-0.25, -0.2) is 18.5 Å². The highest BCUT2D eigenvalue weighted by Gasteiger charge is 2.24. The minimum absolute atomic E-state index is 0.0458. The van der Waals surface area contributed by atoms with E-state index in [9.17, 15) is 13.2 Å². The molecule has 0 aliphatic heterocycles. The van der Waals surface area contributed by atoms with E-state index in [2.05, 4.69) is 24.0 Å². The van der Waals surface area contributed by atoms with E-state index in [1.807, 2.05) is 26.0 Å². The van der Waals surface area contributed by atoms with E-state index in [1.54, 1.807) is 24.1 Å². The fourth-order valence-corrected chi connectivity index (χ4v) is 4.67. The molecule has 1 heterocycles. The van der Waals surface area contributed by atoms with E-state index in [1.165, 1.54) is 29.0 Å². The third kappa shape index (κ3) is 4.61. The Morgan fingerprint density at radius 2 is 1.73 bits per heavy atom. The zero-order valence-corrected chi connectivity index (χ0v) is 19.0. The van der Waals surface area contributed by atoms with Crippen LogP contribution in [0, 0.1) is 6.92 Å². The Morgan fingerprint density at radius 1 is 1.13 bits per heavy atom. The summed E-state index contributed by atoms with van der Waals surface area (Å²) in [4.78, 5) is 20.0. The smallest absolute Gasteiger partial charge is 0.266 e. The van der Waals surface area contributed by atoms with E-state index in [-0.39, 0.29) is 16.8 Å². The van der Waals surface area contributed by atoms with Crippen molar-refractivity contribution < 1.29 is 13.2 Å². The standard InChI is InChI=1S/C22H25N3O3S2/c1-5-16-6-8-18(9-7-16)21-24-14(2)20(29-21)22(26)25(4)15(3)17-10-12-19(13-11-17)30(23,27)28/h6-13,15H,5H2,1-4H3,(H2,23,27,28). The Labute approximate surface area is 181 Å². The molecule has 6 nitrogen and oxygen atoms in total. The average molecular weight is 444 g/mol. The molecule has 158 valence electrons. The number of aryl methyl sites for hydroxylation is 2. The van der Waals surface area contributed by atoms with Crippen molar-refractivity contribution >= 4 is 27.3 Å². The second-order valence-corrected chi connectivity index (χ2v) is 9.75. The molecule has 1 unspecified atom stereocenters. The van der Waals surface area contributed by atoms with E-state index < -0.39 is 10.0 Å². The summed E-state index contributed by atoms with van der Waals surface area (Å²) in [5.74, 6) is -0.121. The largest absolute Gasteiger partial charge is 0.334 e. The van der Waals surface area contributed by atoms with Crippen LogP contribution in [0.2, 0.25) is 0 Å². The Morgan fingerprint density at radius 3 is 2.27 bits per heavy atom. The first-order valence-electron chi connectivity index (χ1n) is 9.58. The van der Waals surface area contributed by atoms with Crippen LogP contribution in [-0.2, 0) is 16.4 Å². The lowest BCUT2D eigenvalue weighted by atomic mass is 10.1. The van der Waals surface area contributed by atoms with Gasteiger partial charge in [0, 0.05) is 12.6 Å². The molecule has 1 atom stereocenters. The number of rotatable bonds is 6. The van der Waals surface area contributed by atoms with Crippen LogP contribution in [0.5, 0.6) is 0 Å². The number of nitrogens with zero attached hydrogens (tertiary/aromatic N) is 2. The first kappa shape index (κ1) is 22.1. The topological polar surface area (TPSA) is 93.4 Å². The fourth-order valence-electron chi connectivity index (χ4n) is 3.10. The van der Waals surface area contributed by atoms with E-state index >= 15 is 0 Å². The zero-order valence-electron chi connectivity index (χ0n) is 17.4. The van der Waals surface area contributed by atoms with Crippen molar-refractivity contribution in [2.75, 3.05) is 7.05 Å². The number of aromatic nitrogens is 1. The molecule has 8 heteroatoms. The molecule has 0 aliphatic rings. The Kier molecular flexibility index (Phi) is 6.40. The van der Waals surface area contributed by atoms with Gasteiger partial charge in [-0.15, -0.1) is 11.3 Å². The highest BCUT2D eigenvalue weighted by atomic mass is 32.2. The molecule has 0 radical (unpaired) electrons. The van der Waals surface area contributed by atoms with Gasteiger partial charge in [-0.05, 0) is 43.5 Å². The summed E-state index contributed by atoms with van der Waals surface area (Å²) in [6, 6.07) is 14.2. The average Bonchev–Trinajstić information content (AvgIpc) is 3.13. The molecule has 3 rings (SSSR count). The molecule has 0 saturated heterocycles. The van der Waals surface area contributed by atoms with Crippen LogP contribution in [0.1, 0.15) is 46.4 Å². The SMILES string of the molecule is CCc1ccc(-c2nc(C)c(C(=O)N(C)C(C)c3ccc(S(N)(=O)=O)cc3)s2)cc1. The van der Waals surface area contributed by atoms with Gasteiger partial charge in [0.05, 0.1) is 16.6 Å². The lowest BCUT2D eigenvalue weighted by Gasteiger charge is -2.25. The number of hydrogen-bond acceptors (Lipinski definition) is 5. The van der Waals surface area contributed by atoms with Crippen molar-refractivity contribution in [3.63, 3.8) is 0 Å². The van der Waals surface area contributed by atoms with Gasteiger partial charge in [0.25, 0.3) is 5.91 Å². The molecule has 0 aliphatic carbocycles. The molecule has 1 amide bonds. The van der Waals surface area contributed by atoms with Crippen LogP contribution >= 0.6 is 11.3 Å². The lowest BCUT2D eigenvalue weighted by Crippen LogP contribution is -2.29. The number of benzene rings is 2. The van der Waals surface area contributed by atoms with E-state index in [0.29, 0.717) is 10.6 Å². The van der Waals surface area contributed by atoms with Crippen molar-refractivity contribution in [3.05, 3.63) is 70.2 Å². The Hall–Kier alpha value is -2.55. The third-order valence-corrected chi connectivity index (χ3v) is 7.32. The van der Waals surface area contributed by atoms with Gasteiger partial charge < -0.3 is 4.90 Å². The summed E-state index contributed by atoms with van der Waals surface area (Å²) in [5, 5.41) is 5.97. The van der Waals surface area contributed by atoms with Gasteiger partial charge in [-0.1, -0.05) is 43.3 Å². The number of nitrogens with two attached hydrogens (primary N) is 1. The number of thiazole rings is 1. The summed E-state index contributed by atoms with van der Waals surface area (Å²) in [7, 11) is -2.01. The molecule has 1 aromatic heterocycles. The highest BCUT2D eigenvalue weighted by Crippen LogP contribution is 2.31. The van der Waals surface area contributed by atoms with Crippen molar-refractivity contribution in [1.29, 1.82) is 0 Å². The Bertz CT molecular complexity index is 1150. The number of carbonyl (C=O) groups is 1. The molecule has 2 N–H and O–H groups in total. The number of hydrogen-bond donors (Lipinski definition) is 1. The first-order valence-corrected chi connectivity index (χ1v) is 11.9. The van der Waals surface area contributed by atoms with Crippen LogP contribution in [0.4, 0.5) is 0 Å². The predicted octanol–water partition coefficient (Wildman–Crippen LogP) is 4.16. The Balaban J connectivity index is 1.82. The highest BCUT2D eigenvalue weighted by molar-refractivity contribution is 7.89. The normalized spacial score (nSPS) is 12.6. The molecule has 0 bridgehead atoms. The van der Waals surface area contributed by atoms with Crippen LogP contribution in [-0.4, -0.2) is 31.3 Å². The molecule has 0 saturated carbocycles. The van der Waals surface area contributed by atoms with Gasteiger partial charge in [-0.2, -0.15) is 0 Å². The molecular weight excluding hydrogens is 418 g/mol. The van der Waals surface area contributed by atoms with E-state index in [4.69, 9.17) is 5.14 Å². The summed E-state index contributed by atoms with van der Waals surface area (Å²) in [6.45, 7) is 5.84. The van der Waals surface area contributed by atoms with Crippen molar-refractivity contribution in [2.45, 2.75) is 38.1 Å². The lowest BCUT2D eigenvalue weighted by molar-refractivity contribution is 0.0746. The fraction of sp³-hybridized carbons (Fsp3) is 0.273. The molecular formula is C22H25N3O3S2. The number of primary sulfonamides is 1. The van der Waals surface area contributed by atoms with Crippen molar-refractivity contribution in [2.24, 2.45) is 5.14 Å². The second kappa shape index (κ2) is 8.67. The van der Waals surface area contributed by atoms with Gasteiger partial charge in [0.15, 0.2) is 0 Å². The maximum atomic E-state index is 13.1. The maximum Gasteiger partial charge on any atom is 0.266 e. The monoisotopic (exact) mass is 443 g/mol. The van der Waals surface area contributed by atoms with Crippen molar-refractivity contribution in [3.8, 4) is 10.6 Å². The maximum absolute atomic E-state index is 13.1. The van der Waals surface area contributed by atoms with Gasteiger partial charge in [-0.3, -0.25) is 4.79 Å². The molecule has 0 fully saturated rings. The molecule has 30 heavy (non-hydrogen) atoms. The minimum atomic E-state index is -3.75. The van der Waals surface area contributed by atoms with E-state index in [0.717, 1.165) is 22.6 Å². The molecule has 0 spiro atoms. The van der Waals surface area contributed by atoms with Crippen LogP contribution in [0.25, 0.3) is 10.6 Å². The van der Waals surface area contributed by atoms with Crippen molar-refractivity contribution in [1.82, 2.24) is 9.88 Å². The van der Waals surface area contributed by atoms with Crippen LogP contribution < -0.4 is 5.14 Å². The minimum Gasteiger partial charge on any atom is -0.334 e. The number of amides is 1. The van der Waals surface area contributed by atoms with Crippen LogP contribution in [0.3, 0.4) is 0 Å². The quantitative estimate of drug-likeness (QED) is 0.619. The predicted molar refractivity (Wildman–Crippen MR) is 120 cm³/mol. The summed E-state index contributed by atoms with van der Waals surface area (Å²) in [6.07, 6.45) is 0.974. The zero-order chi connectivity index (χ0) is 22.1. The van der Waals surface area contributed by atoms with Gasteiger partial charge in [0.2, 0.25) is 10.0 Å². The summed E-state index contributed by atoms with van der Waals surface area (Å²) < 4.78 is 22.9. The van der Waals surface area contributed by atoms with Crippen LogP contribution in [0.15, 0.2) is 53.4 Å². The number of sulfonamides is 1. The third-order valence-electron chi connectivity index (χ3n) is 5.19. The van der Waals surface area contributed by atoms with Gasteiger partial charge >= 0.3 is 0 Å². The molecule has 3 aromatic rings.